The summed E-state index contributed by atoms with van der Waals surface area (Å²) in [6, 6.07) is 7.45. The van der Waals surface area contributed by atoms with Gasteiger partial charge in [0.2, 0.25) is 11.9 Å². The molecule has 0 aliphatic carbocycles. The fourth-order valence-electron chi connectivity index (χ4n) is 2.45. The van der Waals surface area contributed by atoms with Crippen molar-refractivity contribution in [2.75, 3.05) is 5.32 Å². The molecule has 0 aliphatic heterocycles. The molecule has 1 N–H and O–H groups in total. The summed E-state index contributed by atoms with van der Waals surface area (Å²) in [6.07, 6.45) is 1.49. The molecule has 0 bridgehead atoms. The van der Waals surface area contributed by atoms with Crippen molar-refractivity contribution < 1.29 is 14.1 Å². The molecule has 0 saturated carbocycles. The number of aromatic nitrogens is 5. The van der Waals surface area contributed by atoms with Crippen LogP contribution in [0.25, 0.3) is 0 Å². The summed E-state index contributed by atoms with van der Waals surface area (Å²) in [5.74, 6) is -0.823. The average molecular weight is 373 g/mol. The van der Waals surface area contributed by atoms with E-state index in [1.807, 2.05) is 0 Å². The normalized spacial score (nSPS) is 10.7. The van der Waals surface area contributed by atoms with E-state index in [0.29, 0.717) is 17.8 Å². The Morgan fingerprint density at radius 3 is 2.85 bits per heavy atom. The molecular formula is C16H16FN7O3. The van der Waals surface area contributed by atoms with E-state index in [9.17, 15) is 19.3 Å². The highest BCUT2D eigenvalue weighted by Gasteiger charge is 2.16. The fourth-order valence-corrected chi connectivity index (χ4v) is 2.45. The second kappa shape index (κ2) is 7.72. The molecule has 10 nitrogen and oxygen atoms in total. The molecule has 2 aromatic heterocycles. The zero-order valence-corrected chi connectivity index (χ0v) is 14.4. The molecule has 0 atom stereocenters. The maximum absolute atomic E-state index is 13.2. The van der Waals surface area contributed by atoms with E-state index in [-0.39, 0.29) is 36.5 Å². The van der Waals surface area contributed by atoms with Crippen LogP contribution in [0, 0.1) is 22.9 Å². The molecule has 3 aromatic rings. The molecule has 1 aromatic carbocycles. The van der Waals surface area contributed by atoms with Crippen LogP contribution in [0.3, 0.4) is 0 Å². The first-order valence-electron chi connectivity index (χ1n) is 8.03. The number of nitrogens with zero attached hydrogens (tertiary/aromatic N) is 6. The summed E-state index contributed by atoms with van der Waals surface area (Å²) in [4.78, 5) is 26.1. The largest absolute Gasteiger partial charge is 0.390 e. The van der Waals surface area contributed by atoms with Gasteiger partial charge in [-0.05, 0) is 29.5 Å². The highest BCUT2D eigenvalue weighted by Crippen LogP contribution is 2.11. The molecule has 0 aliphatic rings. The fraction of sp³-hybridized carbons (Fsp3) is 0.250. The third-order valence-electron chi connectivity index (χ3n) is 3.73. The molecule has 0 unspecified atom stereocenters. The van der Waals surface area contributed by atoms with Gasteiger partial charge in [-0.25, -0.2) is 14.1 Å². The number of carbonyl (C=O) groups excluding carboxylic acids is 1. The molecule has 0 saturated heterocycles. The summed E-state index contributed by atoms with van der Waals surface area (Å²) in [7, 11) is 0. The number of hydrogen-bond donors (Lipinski definition) is 1. The van der Waals surface area contributed by atoms with E-state index in [0.717, 1.165) is 0 Å². The zero-order chi connectivity index (χ0) is 19.4. The van der Waals surface area contributed by atoms with Crippen LogP contribution in [0.5, 0.6) is 0 Å². The highest BCUT2D eigenvalue weighted by molar-refractivity contribution is 5.88. The van der Waals surface area contributed by atoms with Crippen molar-refractivity contribution in [3.05, 3.63) is 63.8 Å². The van der Waals surface area contributed by atoms with E-state index in [1.165, 1.54) is 33.9 Å². The first-order valence-corrected chi connectivity index (χ1v) is 8.03. The number of nitrogens with one attached hydrogen (secondary N) is 1. The van der Waals surface area contributed by atoms with Gasteiger partial charge in [0, 0.05) is 6.42 Å². The molecule has 0 spiro atoms. The van der Waals surface area contributed by atoms with Gasteiger partial charge in [-0.3, -0.25) is 10.1 Å². The van der Waals surface area contributed by atoms with Crippen LogP contribution in [0.1, 0.15) is 17.7 Å². The lowest BCUT2D eigenvalue weighted by Crippen LogP contribution is -2.16. The lowest BCUT2D eigenvalue weighted by molar-refractivity contribution is -0.389. The minimum atomic E-state index is -0.585. The Morgan fingerprint density at radius 1 is 1.33 bits per heavy atom. The predicted molar refractivity (Wildman–Crippen MR) is 92.4 cm³/mol. The summed E-state index contributed by atoms with van der Waals surface area (Å²) in [6.45, 7) is 2.18. The van der Waals surface area contributed by atoms with Crippen LogP contribution in [0.4, 0.5) is 16.2 Å². The second-order valence-corrected chi connectivity index (χ2v) is 5.82. The van der Waals surface area contributed by atoms with Gasteiger partial charge in [0.05, 0.1) is 29.9 Å². The standard InChI is InChI=1S/C16H16FN7O3/c1-11-7-14(24(26)27)20-23(11)6-5-15(25)19-16-18-10-22(21-16)9-12-3-2-4-13(17)8-12/h2-4,7-8,10H,5-6,9H2,1H3,(H,19,21,25). The summed E-state index contributed by atoms with van der Waals surface area (Å²) >= 11 is 0. The Hall–Kier alpha value is -3.63. The SMILES string of the molecule is Cc1cc([N+](=O)[O-])nn1CCC(=O)Nc1ncn(Cc2cccc(F)c2)n1. The van der Waals surface area contributed by atoms with Gasteiger partial charge in [0.1, 0.15) is 12.1 Å². The van der Waals surface area contributed by atoms with Gasteiger partial charge in [0.15, 0.2) is 0 Å². The molecular weight excluding hydrogens is 357 g/mol. The van der Waals surface area contributed by atoms with Gasteiger partial charge in [-0.15, -0.1) is 5.10 Å². The first kappa shape index (κ1) is 18.2. The average Bonchev–Trinajstić information content (AvgIpc) is 3.19. The quantitative estimate of drug-likeness (QED) is 0.499. The number of halogens is 1. The molecule has 11 heteroatoms. The van der Waals surface area contributed by atoms with Crippen molar-refractivity contribution in [1.29, 1.82) is 0 Å². The summed E-state index contributed by atoms with van der Waals surface area (Å²) in [5.41, 5.74) is 1.31. The van der Waals surface area contributed by atoms with E-state index in [4.69, 9.17) is 0 Å². The highest BCUT2D eigenvalue weighted by atomic mass is 19.1. The Kier molecular flexibility index (Phi) is 5.20. The summed E-state index contributed by atoms with van der Waals surface area (Å²) < 4.78 is 16.1. The van der Waals surface area contributed by atoms with Gasteiger partial charge in [-0.1, -0.05) is 12.1 Å². The van der Waals surface area contributed by atoms with Crippen molar-refractivity contribution in [3.63, 3.8) is 0 Å². The molecule has 27 heavy (non-hydrogen) atoms. The van der Waals surface area contributed by atoms with E-state index in [1.54, 1.807) is 19.1 Å². The number of carbonyl (C=O) groups is 1. The van der Waals surface area contributed by atoms with E-state index < -0.39 is 4.92 Å². The Labute approximate surface area is 152 Å². The first-order chi connectivity index (χ1) is 12.9. The van der Waals surface area contributed by atoms with Crippen molar-refractivity contribution in [2.45, 2.75) is 26.4 Å². The number of amides is 1. The Morgan fingerprint density at radius 2 is 2.15 bits per heavy atom. The Bertz CT molecular complexity index is 982. The van der Waals surface area contributed by atoms with Gasteiger partial charge in [-0.2, -0.15) is 4.68 Å². The lowest BCUT2D eigenvalue weighted by atomic mass is 10.2. The predicted octanol–water partition coefficient (Wildman–Crippen LogP) is 1.91. The number of anilines is 1. The maximum atomic E-state index is 13.2. The molecule has 1 amide bonds. The van der Waals surface area contributed by atoms with Crippen molar-refractivity contribution in [1.82, 2.24) is 24.5 Å². The number of rotatable bonds is 7. The van der Waals surface area contributed by atoms with Crippen LogP contribution < -0.4 is 5.32 Å². The van der Waals surface area contributed by atoms with Crippen LogP contribution >= 0.6 is 0 Å². The number of benzene rings is 1. The van der Waals surface area contributed by atoms with Crippen LogP contribution in [0.2, 0.25) is 0 Å². The van der Waals surface area contributed by atoms with Crippen molar-refractivity contribution in [2.24, 2.45) is 0 Å². The summed E-state index contributed by atoms with van der Waals surface area (Å²) in [5, 5.41) is 21.2. The Balaban J connectivity index is 1.54. The molecule has 140 valence electrons. The third kappa shape index (κ3) is 4.71. The minimum Gasteiger partial charge on any atom is -0.358 e. The number of nitro groups is 1. The van der Waals surface area contributed by atoms with Crippen LogP contribution in [0.15, 0.2) is 36.7 Å². The lowest BCUT2D eigenvalue weighted by Gasteiger charge is -2.02. The molecule has 2 heterocycles. The van der Waals surface area contributed by atoms with Crippen molar-refractivity contribution >= 4 is 17.7 Å². The zero-order valence-electron chi connectivity index (χ0n) is 14.4. The molecule has 0 radical (unpaired) electrons. The molecule has 3 rings (SSSR count). The van der Waals surface area contributed by atoms with E-state index in [2.05, 4.69) is 20.5 Å². The maximum Gasteiger partial charge on any atom is 0.390 e. The number of aryl methyl sites for hydroxylation is 2. The van der Waals surface area contributed by atoms with Crippen molar-refractivity contribution in [3.8, 4) is 0 Å². The monoisotopic (exact) mass is 373 g/mol. The van der Waals surface area contributed by atoms with Gasteiger partial charge in [0.25, 0.3) is 0 Å². The van der Waals surface area contributed by atoms with Gasteiger partial charge >= 0.3 is 5.82 Å². The second-order valence-electron chi connectivity index (χ2n) is 5.82. The van der Waals surface area contributed by atoms with Crippen LogP contribution in [-0.4, -0.2) is 35.4 Å². The topological polar surface area (TPSA) is 121 Å². The molecule has 0 fully saturated rings. The minimum absolute atomic E-state index is 0.0537. The van der Waals surface area contributed by atoms with Crippen LogP contribution in [-0.2, 0) is 17.9 Å². The van der Waals surface area contributed by atoms with E-state index >= 15 is 0 Å². The van der Waals surface area contributed by atoms with Gasteiger partial charge < -0.3 is 10.1 Å². The third-order valence-corrected chi connectivity index (χ3v) is 3.73. The smallest absolute Gasteiger partial charge is 0.358 e. The number of hydrogen-bond acceptors (Lipinski definition) is 6.